The third-order valence-electron chi connectivity index (χ3n) is 11.0. The molecule has 0 aliphatic heterocycles. The van der Waals surface area contributed by atoms with Crippen LogP contribution >= 0.6 is 0 Å². The largest absolute Gasteiger partial charge is 0.480 e. The highest BCUT2D eigenvalue weighted by molar-refractivity contribution is 5.98. The molecule has 8 amide bonds. The third kappa shape index (κ3) is 27.4. The van der Waals surface area contributed by atoms with Crippen LogP contribution in [0.25, 0.3) is 0 Å². The molecule has 25 nitrogen and oxygen atoms in total. The van der Waals surface area contributed by atoms with Gasteiger partial charge in [-0.05, 0) is 94.8 Å². The lowest BCUT2D eigenvalue weighted by Crippen LogP contribution is -2.60. The third-order valence-corrected chi connectivity index (χ3v) is 11.0. The van der Waals surface area contributed by atoms with Crippen LogP contribution in [0.1, 0.15) is 134 Å². The smallest absolute Gasteiger partial charge is 0.326 e. The lowest BCUT2D eigenvalue weighted by Gasteiger charge is -2.28. The molecule has 0 spiro atoms. The molecule has 9 atom stereocenters. The Balaban J connectivity index is 6.26. The molecule has 0 aromatic carbocycles. The van der Waals surface area contributed by atoms with Gasteiger partial charge in [0.25, 0.3) is 0 Å². The van der Waals surface area contributed by atoms with Crippen molar-refractivity contribution in [3.05, 3.63) is 0 Å². The monoisotopic (exact) mass is 1020 g/mol. The Labute approximate surface area is 425 Å². The fourth-order valence-corrected chi connectivity index (χ4v) is 7.18. The van der Waals surface area contributed by atoms with Crippen LogP contribution in [0.3, 0.4) is 0 Å². The number of hydrogen-bond acceptors (Lipinski definition) is 12. The first kappa shape index (κ1) is 65.7. The summed E-state index contributed by atoms with van der Waals surface area (Å²) in [5, 5.41) is 30.7. The molecule has 0 radical (unpaired) electrons. The van der Waals surface area contributed by atoms with Crippen molar-refractivity contribution in [1.82, 2.24) is 42.5 Å². The second-order valence-electron chi connectivity index (χ2n) is 20.4. The number of amides is 8. The molecule has 0 heterocycles. The second-order valence-corrected chi connectivity index (χ2v) is 20.4. The summed E-state index contributed by atoms with van der Waals surface area (Å²) in [6, 6.07) is -10.4. The Hall–Kier alpha value is -6.27. The zero-order valence-corrected chi connectivity index (χ0v) is 44.6. The van der Waals surface area contributed by atoms with Gasteiger partial charge >= 0.3 is 5.97 Å². The van der Waals surface area contributed by atoms with Crippen LogP contribution in [0.2, 0.25) is 0 Å². The molecule has 0 aliphatic rings. The predicted molar refractivity (Wildman–Crippen MR) is 275 cm³/mol. The van der Waals surface area contributed by atoms with Gasteiger partial charge in [-0.3, -0.25) is 48.3 Å². The number of guanidine groups is 2. The number of carboxylic acids is 1. The Kier molecular flexibility index (Phi) is 30.5. The molecule has 72 heavy (non-hydrogen) atoms. The highest BCUT2D eigenvalue weighted by Gasteiger charge is 2.35. The van der Waals surface area contributed by atoms with Crippen LogP contribution in [-0.4, -0.2) is 138 Å². The summed E-state index contributed by atoms with van der Waals surface area (Å²) >= 11 is 0. The summed E-state index contributed by atoms with van der Waals surface area (Å²) < 4.78 is 0. The van der Waals surface area contributed by atoms with Crippen molar-refractivity contribution >= 4 is 65.1 Å². The fourth-order valence-electron chi connectivity index (χ4n) is 7.18. The first-order chi connectivity index (χ1) is 33.4. The average molecular weight is 1020 g/mol. The molecule has 0 bridgehead atoms. The number of carboxylic acid groups (broad SMARTS) is 1. The van der Waals surface area contributed by atoms with E-state index < -0.39 is 114 Å². The Morgan fingerprint density at radius 1 is 0.403 bits per heavy atom. The molecule has 412 valence electrons. The first-order valence-electron chi connectivity index (χ1n) is 24.9. The zero-order chi connectivity index (χ0) is 55.6. The number of aliphatic carboxylic acids is 1. The Morgan fingerprint density at radius 2 is 0.722 bits per heavy atom. The van der Waals surface area contributed by atoms with Gasteiger partial charge in [0.2, 0.25) is 47.3 Å². The minimum Gasteiger partial charge on any atom is -0.480 e. The van der Waals surface area contributed by atoms with E-state index in [2.05, 4.69) is 52.5 Å². The minimum atomic E-state index is -1.27. The molecule has 0 saturated carbocycles. The van der Waals surface area contributed by atoms with Gasteiger partial charge in [0.1, 0.15) is 48.3 Å². The van der Waals surface area contributed by atoms with Gasteiger partial charge in [-0.1, -0.05) is 69.2 Å². The SMILES string of the molecule is CC(C)C[C@H](NC(=O)[C@@H](NC(=O)[C@H](CC(C)C)NC(=O)[C@H](C)NC(=O)[C@H](CC(C)C)NC(=O)[C@H](CCCN=C(N)N)NC(=O)[C@H](C)NC(=O)[C@H](CC(C)C)NC(=O)[C@@H](N)CCCN=C(N)N)C(C)C)C(=O)O. The van der Waals surface area contributed by atoms with Crippen LogP contribution in [0, 0.1) is 29.6 Å². The summed E-state index contributed by atoms with van der Waals surface area (Å²) in [5.41, 5.74) is 27.7. The van der Waals surface area contributed by atoms with E-state index in [9.17, 15) is 48.3 Å². The average Bonchev–Trinajstić information content (AvgIpc) is 3.25. The number of hydrogen-bond donors (Lipinski definition) is 14. The van der Waals surface area contributed by atoms with Crippen LogP contribution in [-0.2, 0) is 43.2 Å². The molecular formula is C47H89N15O10. The van der Waals surface area contributed by atoms with E-state index in [4.69, 9.17) is 28.7 Å². The molecule has 0 saturated heterocycles. The lowest BCUT2D eigenvalue weighted by molar-refractivity contribution is -0.143. The van der Waals surface area contributed by atoms with Gasteiger partial charge < -0.3 is 76.3 Å². The molecule has 19 N–H and O–H groups in total. The lowest BCUT2D eigenvalue weighted by atomic mass is 9.98. The van der Waals surface area contributed by atoms with Crippen molar-refractivity contribution in [2.24, 2.45) is 68.2 Å². The predicted octanol–water partition coefficient (Wildman–Crippen LogP) is -1.74. The summed E-state index contributed by atoms with van der Waals surface area (Å²) in [5.74, 6) is -7.97. The highest BCUT2D eigenvalue weighted by atomic mass is 16.4. The van der Waals surface area contributed by atoms with Crippen molar-refractivity contribution in [3.8, 4) is 0 Å². The van der Waals surface area contributed by atoms with E-state index in [1.54, 1.807) is 13.8 Å². The van der Waals surface area contributed by atoms with Crippen molar-refractivity contribution in [3.63, 3.8) is 0 Å². The molecule has 0 rings (SSSR count). The van der Waals surface area contributed by atoms with E-state index in [-0.39, 0.29) is 93.6 Å². The summed E-state index contributed by atoms with van der Waals surface area (Å²) in [6.45, 7) is 21.1. The number of rotatable bonds is 34. The highest BCUT2D eigenvalue weighted by Crippen LogP contribution is 2.13. The maximum absolute atomic E-state index is 14.0. The fraction of sp³-hybridized carbons (Fsp3) is 0.766. The van der Waals surface area contributed by atoms with E-state index in [1.165, 1.54) is 13.8 Å². The van der Waals surface area contributed by atoms with Crippen molar-refractivity contribution < 1.29 is 48.3 Å². The van der Waals surface area contributed by atoms with Gasteiger partial charge in [0.15, 0.2) is 11.9 Å². The number of carbonyl (C=O) groups excluding carboxylic acids is 8. The van der Waals surface area contributed by atoms with Crippen molar-refractivity contribution in [2.45, 2.75) is 189 Å². The molecule has 0 unspecified atom stereocenters. The van der Waals surface area contributed by atoms with Crippen LogP contribution in [0.5, 0.6) is 0 Å². The van der Waals surface area contributed by atoms with Crippen LogP contribution < -0.4 is 71.2 Å². The quantitative estimate of drug-likeness (QED) is 0.0193. The second kappa shape index (κ2) is 33.4. The van der Waals surface area contributed by atoms with E-state index in [0.29, 0.717) is 6.42 Å². The number of nitrogens with two attached hydrogens (primary N) is 5. The van der Waals surface area contributed by atoms with Gasteiger partial charge in [-0.2, -0.15) is 0 Å². The summed E-state index contributed by atoms with van der Waals surface area (Å²) in [7, 11) is 0. The standard InChI is InChI=1S/C47H89N15O10/c1-23(2)19-32(59-39(65)30(48)15-13-17-53-46(49)50)41(67)55-28(11)37(63)57-31(16-14-18-54-47(51)52)40(66)60-33(20-24(3)4)42(68)56-29(12)38(64)58-34(21-25(5)6)43(69)62-36(27(9)10)44(70)61-35(45(71)72)22-26(7)8/h23-36H,13-22,48H2,1-12H3,(H,55,67)(H,56,68)(H,57,63)(H,58,64)(H,59,65)(H,60,66)(H,61,70)(H,62,69)(H,71,72)(H4,49,50,53)(H4,51,52,54)/t28-,29-,30-,31-,32-,33-,34-,35-,36-/m0/s1. The molecule has 0 aromatic rings. The first-order valence-corrected chi connectivity index (χ1v) is 24.9. The van der Waals surface area contributed by atoms with Gasteiger partial charge in [-0.15, -0.1) is 0 Å². The number of carbonyl (C=O) groups is 9. The Bertz CT molecular complexity index is 1850. The zero-order valence-electron chi connectivity index (χ0n) is 44.6. The molecule has 0 fully saturated rings. The van der Waals surface area contributed by atoms with Crippen molar-refractivity contribution in [2.75, 3.05) is 13.1 Å². The number of aliphatic imine (C=N–C) groups is 2. The van der Waals surface area contributed by atoms with Crippen molar-refractivity contribution in [1.29, 1.82) is 0 Å². The summed E-state index contributed by atoms with van der Waals surface area (Å²) in [4.78, 5) is 128. The van der Waals surface area contributed by atoms with Crippen LogP contribution in [0.15, 0.2) is 9.98 Å². The normalized spacial score (nSPS) is 15.1. The molecule has 0 aromatic heterocycles. The molecular weight excluding hydrogens is 935 g/mol. The van der Waals surface area contributed by atoms with E-state index >= 15 is 0 Å². The molecule has 25 heteroatoms. The van der Waals surface area contributed by atoms with Gasteiger partial charge in [0.05, 0.1) is 6.04 Å². The maximum atomic E-state index is 14.0. The van der Waals surface area contributed by atoms with Gasteiger partial charge in [-0.25, -0.2) is 4.79 Å². The number of nitrogens with one attached hydrogen (secondary N) is 8. The number of nitrogens with zero attached hydrogens (tertiary/aromatic N) is 2. The van der Waals surface area contributed by atoms with Gasteiger partial charge in [0, 0.05) is 13.1 Å². The minimum absolute atomic E-state index is 0.00628. The topological polar surface area (TPSA) is 425 Å². The molecule has 0 aliphatic carbocycles. The van der Waals surface area contributed by atoms with Crippen LogP contribution in [0.4, 0.5) is 0 Å². The van der Waals surface area contributed by atoms with E-state index in [1.807, 2.05) is 55.4 Å². The maximum Gasteiger partial charge on any atom is 0.326 e. The van der Waals surface area contributed by atoms with E-state index in [0.717, 1.165) is 0 Å². The summed E-state index contributed by atoms with van der Waals surface area (Å²) in [6.07, 6.45) is 1.48. The Morgan fingerprint density at radius 3 is 1.10 bits per heavy atom.